The lowest BCUT2D eigenvalue weighted by atomic mass is 9.96. The number of primary sulfonamides is 1. The molecule has 3 atom stereocenters. The van der Waals surface area contributed by atoms with Crippen molar-refractivity contribution in [2.24, 2.45) is 11.1 Å². The van der Waals surface area contributed by atoms with E-state index in [-0.39, 0.29) is 24.5 Å². The van der Waals surface area contributed by atoms with E-state index in [1.165, 1.54) is 0 Å². The highest BCUT2D eigenvalue weighted by Gasteiger charge is 2.38. The molecule has 0 spiro atoms. The topological polar surface area (TPSA) is 89.7 Å². The van der Waals surface area contributed by atoms with Gasteiger partial charge in [-0.25, -0.2) is 13.6 Å². The summed E-state index contributed by atoms with van der Waals surface area (Å²) in [6, 6.07) is 0. The minimum absolute atomic E-state index is 0.0256. The van der Waals surface area contributed by atoms with Crippen LogP contribution in [-0.2, 0) is 19.6 Å². The Hall–Kier alpha value is -0.660. The Morgan fingerprint density at radius 1 is 1.42 bits per heavy atom. The molecule has 1 amide bonds. The summed E-state index contributed by atoms with van der Waals surface area (Å²) < 4.78 is 28.4. The highest BCUT2D eigenvalue weighted by Crippen LogP contribution is 2.27. The highest BCUT2D eigenvalue weighted by atomic mass is 32.2. The van der Waals surface area contributed by atoms with E-state index in [9.17, 15) is 13.2 Å². The summed E-state index contributed by atoms with van der Waals surface area (Å²) in [5.41, 5.74) is 0. The van der Waals surface area contributed by atoms with Gasteiger partial charge in [-0.05, 0) is 25.7 Å². The van der Waals surface area contributed by atoms with Crippen molar-refractivity contribution in [2.45, 2.75) is 44.0 Å². The van der Waals surface area contributed by atoms with Crippen LogP contribution in [0, 0.1) is 5.92 Å². The molecular weight excluding hydrogens is 268 g/mol. The summed E-state index contributed by atoms with van der Waals surface area (Å²) >= 11 is 0. The van der Waals surface area contributed by atoms with Gasteiger partial charge < -0.3 is 9.64 Å². The first kappa shape index (κ1) is 14.7. The van der Waals surface area contributed by atoms with Crippen LogP contribution in [0.3, 0.4) is 0 Å². The van der Waals surface area contributed by atoms with Gasteiger partial charge in [-0.15, -0.1) is 0 Å². The standard InChI is InChI=1S/C12H22N2O4S/c1-2-11-10(5-7-18-11)12(15)14-6-3-4-9(8-14)19(13,16)17/h9-11H,2-8H2,1H3,(H2,13,16,17). The van der Waals surface area contributed by atoms with Gasteiger partial charge in [0.25, 0.3) is 0 Å². The molecule has 0 aromatic rings. The van der Waals surface area contributed by atoms with Crippen molar-refractivity contribution in [2.75, 3.05) is 19.7 Å². The van der Waals surface area contributed by atoms with Crippen LogP contribution in [0.15, 0.2) is 0 Å². The van der Waals surface area contributed by atoms with Gasteiger partial charge in [-0.2, -0.15) is 0 Å². The van der Waals surface area contributed by atoms with Gasteiger partial charge >= 0.3 is 0 Å². The normalized spacial score (nSPS) is 32.5. The van der Waals surface area contributed by atoms with Crippen LogP contribution >= 0.6 is 0 Å². The quantitative estimate of drug-likeness (QED) is 0.797. The molecule has 0 aliphatic carbocycles. The Kier molecular flexibility index (Phi) is 4.47. The molecule has 2 aliphatic rings. The molecule has 2 saturated heterocycles. The third-order valence-electron chi connectivity index (χ3n) is 4.08. The second-order valence-electron chi connectivity index (χ2n) is 5.35. The van der Waals surface area contributed by atoms with E-state index < -0.39 is 15.3 Å². The Labute approximate surface area is 114 Å². The molecule has 0 aromatic carbocycles. The maximum atomic E-state index is 12.5. The number of nitrogens with two attached hydrogens (primary N) is 1. The lowest BCUT2D eigenvalue weighted by Gasteiger charge is -2.34. The molecule has 7 heteroatoms. The molecule has 19 heavy (non-hydrogen) atoms. The van der Waals surface area contributed by atoms with Crippen LogP contribution < -0.4 is 5.14 Å². The van der Waals surface area contributed by atoms with E-state index >= 15 is 0 Å². The maximum absolute atomic E-state index is 12.5. The fourth-order valence-corrected chi connectivity index (χ4v) is 3.86. The van der Waals surface area contributed by atoms with Gasteiger partial charge in [-0.1, -0.05) is 6.92 Å². The van der Waals surface area contributed by atoms with Gasteiger partial charge in [0, 0.05) is 19.7 Å². The number of ether oxygens (including phenoxy) is 1. The molecule has 2 aliphatic heterocycles. The summed E-state index contributed by atoms with van der Waals surface area (Å²) in [6.07, 6.45) is 2.75. The molecule has 2 fully saturated rings. The van der Waals surface area contributed by atoms with E-state index in [1.807, 2.05) is 6.92 Å². The Bertz CT molecular complexity index is 437. The van der Waals surface area contributed by atoms with Crippen LogP contribution in [0.2, 0.25) is 0 Å². The first-order valence-electron chi connectivity index (χ1n) is 6.85. The Balaban J connectivity index is 2.03. The summed E-state index contributed by atoms with van der Waals surface area (Å²) in [5.74, 6) is -0.0954. The van der Waals surface area contributed by atoms with Crippen LogP contribution in [0.1, 0.15) is 32.6 Å². The number of carbonyl (C=O) groups is 1. The van der Waals surface area contributed by atoms with Crippen molar-refractivity contribution in [3.8, 4) is 0 Å². The van der Waals surface area contributed by atoms with Crippen molar-refractivity contribution in [3.63, 3.8) is 0 Å². The molecule has 0 radical (unpaired) electrons. The van der Waals surface area contributed by atoms with Gasteiger partial charge in [-0.3, -0.25) is 4.79 Å². The number of hydrogen-bond acceptors (Lipinski definition) is 4. The van der Waals surface area contributed by atoms with Crippen molar-refractivity contribution < 1.29 is 17.9 Å². The van der Waals surface area contributed by atoms with E-state index in [0.29, 0.717) is 26.0 Å². The summed E-state index contributed by atoms with van der Waals surface area (Å²) in [4.78, 5) is 14.1. The van der Waals surface area contributed by atoms with Crippen LogP contribution in [0.25, 0.3) is 0 Å². The average Bonchev–Trinajstić information content (AvgIpc) is 2.85. The molecule has 3 unspecified atom stereocenters. The van der Waals surface area contributed by atoms with Crippen LogP contribution in [0.5, 0.6) is 0 Å². The van der Waals surface area contributed by atoms with E-state index in [1.54, 1.807) is 4.90 Å². The number of carbonyl (C=O) groups excluding carboxylic acids is 1. The lowest BCUT2D eigenvalue weighted by Crippen LogP contribution is -2.49. The predicted octanol–water partition coefficient (Wildman–Crippen LogP) is 0.0810. The molecular formula is C12H22N2O4S. The third-order valence-corrected chi connectivity index (χ3v) is 5.40. The van der Waals surface area contributed by atoms with Gasteiger partial charge in [0.1, 0.15) is 0 Å². The zero-order valence-corrected chi connectivity index (χ0v) is 12.1. The second kappa shape index (κ2) is 5.76. The first-order valence-corrected chi connectivity index (χ1v) is 8.46. The van der Waals surface area contributed by atoms with Crippen LogP contribution in [0.4, 0.5) is 0 Å². The molecule has 2 N–H and O–H groups in total. The van der Waals surface area contributed by atoms with E-state index in [2.05, 4.69) is 0 Å². The first-order chi connectivity index (χ1) is 8.93. The number of sulfonamides is 1. The zero-order chi connectivity index (χ0) is 14.0. The van der Waals surface area contributed by atoms with E-state index in [0.717, 1.165) is 12.8 Å². The molecule has 0 aromatic heterocycles. The van der Waals surface area contributed by atoms with Crippen molar-refractivity contribution in [1.82, 2.24) is 4.90 Å². The Morgan fingerprint density at radius 3 is 2.79 bits per heavy atom. The Morgan fingerprint density at radius 2 is 2.16 bits per heavy atom. The lowest BCUT2D eigenvalue weighted by molar-refractivity contribution is -0.138. The SMILES string of the molecule is CCC1OCCC1C(=O)N1CCCC(S(N)(=O)=O)C1. The van der Waals surface area contributed by atoms with Gasteiger partial charge in [0.15, 0.2) is 0 Å². The van der Waals surface area contributed by atoms with Crippen molar-refractivity contribution >= 4 is 15.9 Å². The van der Waals surface area contributed by atoms with Crippen LogP contribution in [-0.4, -0.2) is 50.3 Å². The van der Waals surface area contributed by atoms with Gasteiger partial charge in [0.2, 0.25) is 15.9 Å². The van der Waals surface area contributed by atoms with Gasteiger partial charge in [0.05, 0.1) is 17.3 Å². The number of nitrogens with zero attached hydrogens (tertiary/aromatic N) is 1. The number of likely N-dealkylation sites (tertiary alicyclic amines) is 1. The number of piperidine rings is 1. The van der Waals surface area contributed by atoms with Crippen molar-refractivity contribution in [3.05, 3.63) is 0 Å². The molecule has 2 heterocycles. The summed E-state index contributed by atoms with van der Waals surface area (Å²) in [7, 11) is -3.56. The molecule has 2 rings (SSSR count). The number of amides is 1. The van der Waals surface area contributed by atoms with Crippen molar-refractivity contribution in [1.29, 1.82) is 0 Å². The van der Waals surface area contributed by atoms with E-state index in [4.69, 9.17) is 9.88 Å². The minimum atomic E-state index is -3.56. The molecule has 0 saturated carbocycles. The molecule has 110 valence electrons. The number of rotatable bonds is 3. The number of hydrogen-bond donors (Lipinski definition) is 1. The average molecular weight is 290 g/mol. The predicted molar refractivity (Wildman–Crippen MR) is 70.8 cm³/mol. The minimum Gasteiger partial charge on any atom is -0.377 e. The molecule has 6 nitrogen and oxygen atoms in total. The maximum Gasteiger partial charge on any atom is 0.228 e. The summed E-state index contributed by atoms with van der Waals surface area (Å²) in [6.45, 7) is 3.46. The fraction of sp³-hybridized carbons (Fsp3) is 0.917. The fourth-order valence-electron chi connectivity index (χ4n) is 2.97. The largest absolute Gasteiger partial charge is 0.377 e. The smallest absolute Gasteiger partial charge is 0.228 e. The highest BCUT2D eigenvalue weighted by molar-refractivity contribution is 7.89. The third kappa shape index (κ3) is 3.27. The zero-order valence-electron chi connectivity index (χ0n) is 11.2. The molecule has 0 bridgehead atoms. The summed E-state index contributed by atoms with van der Waals surface area (Å²) in [5, 5.41) is 4.57. The monoisotopic (exact) mass is 290 g/mol. The second-order valence-corrected chi connectivity index (χ2v) is 7.19.